The second-order valence-electron chi connectivity index (χ2n) is 4.64. The molecule has 0 amide bonds. The Hall–Kier alpha value is -2.94. The summed E-state index contributed by atoms with van der Waals surface area (Å²) < 4.78 is 23.4. The summed E-state index contributed by atoms with van der Waals surface area (Å²) in [4.78, 5) is 8.56. The van der Waals surface area contributed by atoms with E-state index in [9.17, 15) is 4.39 Å². The van der Waals surface area contributed by atoms with Crippen LogP contribution in [0.2, 0.25) is 0 Å². The van der Waals surface area contributed by atoms with Gasteiger partial charge in [0.15, 0.2) is 5.82 Å². The number of rotatable bonds is 5. The molecule has 0 spiro atoms. The Balaban J connectivity index is 1.70. The largest absolute Gasteiger partial charge is 0.444 e. The molecule has 0 radical (unpaired) electrons. The van der Waals surface area contributed by atoms with Gasteiger partial charge in [0, 0.05) is 18.4 Å². The molecule has 0 fully saturated rings. The van der Waals surface area contributed by atoms with Crippen molar-refractivity contribution in [2.45, 2.75) is 19.3 Å². The van der Waals surface area contributed by atoms with Crippen molar-refractivity contribution < 1.29 is 13.3 Å². The molecule has 2 heterocycles. The minimum absolute atomic E-state index is 0.305. The molecule has 5 nitrogen and oxygen atoms in total. The number of benzene rings is 1. The Labute approximate surface area is 126 Å². The molecule has 1 aromatic carbocycles. The van der Waals surface area contributed by atoms with Crippen LogP contribution in [-0.2, 0) is 12.8 Å². The number of terminal acetylenes is 1. The molecular formula is C16H12FN3O2. The fraction of sp³-hybridized carbons (Fsp3) is 0.188. The van der Waals surface area contributed by atoms with Crippen LogP contribution >= 0.6 is 0 Å². The molecule has 2 aromatic heterocycles. The highest BCUT2D eigenvalue weighted by atomic mass is 19.1. The Bertz CT molecular complexity index is 799. The first-order valence-electron chi connectivity index (χ1n) is 6.70. The molecule has 0 bridgehead atoms. The van der Waals surface area contributed by atoms with Gasteiger partial charge in [-0.3, -0.25) is 0 Å². The van der Waals surface area contributed by atoms with E-state index in [1.165, 1.54) is 18.4 Å². The van der Waals surface area contributed by atoms with Gasteiger partial charge in [-0.25, -0.2) is 9.37 Å². The molecule has 0 saturated heterocycles. The minimum atomic E-state index is -0.305. The number of aryl methyl sites for hydroxylation is 1. The summed E-state index contributed by atoms with van der Waals surface area (Å²) in [5.41, 5.74) is 1.36. The predicted molar refractivity (Wildman–Crippen MR) is 76.2 cm³/mol. The summed E-state index contributed by atoms with van der Waals surface area (Å²) in [6, 6.07) is 5.93. The van der Waals surface area contributed by atoms with Crippen molar-refractivity contribution in [1.82, 2.24) is 15.1 Å². The van der Waals surface area contributed by atoms with Gasteiger partial charge in [-0.2, -0.15) is 4.98 Å². The average Bonchev–Trinajstić information content (AvgIpc) is 3.16. The SMILES string of the molecule is C#CCCc1noc(Cc2coc(-c3ccc(F)cc3)n2)n1. The second-order valence-corrected chi connectivity index (χ2v) is 4.64. The van der Waals surface area contributed by atoms with Crippen molar-refractivity contribution in [2.75, 3.05) is 0 Å². The maximum Gasteiger partial charge on any atom is 0.232 e. The first-order chi connectivity index (χ1) is 10.7. The number of oxazole rings is 1. The van der Waals surface area contributed by atoms with Crippen molar-refractivity contribution in [3.63, 3.8) is 0 Å². The minimum Gasteiger partial charge on any atom is -0.444 e. The van der Waals surface area contributed by atoms with E-state index in [-0.39, 0.29) is 5.82 Å². The first kappa shape index (κ1) is 14.0. The Kier molecular flexibility index (Phi) is 3.97. The van der Waals surface area contributed by atoms with Crippen molar-refractivity contribution in [2.24, 2.45) is 0 Å². The quantitative estimate of drug-likeness (QED) is 0.677. The summed E-state index contributed by atoms with van der Waals surface area (Å²) in [5.74, 6) is 3.67. The van der Waals surface area contributed by atoms with E-state index in [4.69, 9.17) is 15.4 Å². The van der Waals surface area contributed by atoms with Gasteiger partial charge < -0.3 is 8.94 Å². The lowest BCUT2D eigenvalue weighted by Crippen LogP contribution is -1.91. The van der Waals surface area contributed by atoms with Crippen LogP contribution in [0, 0.1) is 18.2 Å². The van der Waals surface area contributed by atoms with E-state index >= 15 is 0 Å². The van der Waals surface area contributed by atoms with Gasteiger partial charge in [0.05, 0.1) is 12.1 Å². The summed E-state index contributed by atoms with van der Waals surface area (Å²) in [6.45, 7) is 0. The lowest BCUT2D eigenvalue weighted by atomic mass is 10.2. The van der Waals surface area contributed by atoms with E-state index in [2.05, 4.69) is 21.0 Å². The predicted octanol–water partition coefficient (Wildman–Crippen LogP) is 3.02. The second kappa shape index (κ2) is 6.22. The van der Waals surface area contributed by atoms with Crippen molar-refractivity contribution >= 4 is 0 Å². The fourth-order valence-electron chi connectivity index (χ4n) is 1.92. The van der Waals surface area contributed by atoms with E-state index in [1.807, 2.05) is 0 Å². The van der Waals surface area contributed by atoms with Crippen molar-refractivity contribution in [3.8, 4) is 23.8 Å². The van der Waals surface area contributed by atoms with Gasteiger partial charge in [-0.05, 0) is 24.3 Å². The molecule has 6 heteroatoms. The van der Waals surface area contributed by atoms with Gasteiger partial charge in [0.2, 0.25) is 11.8 Å². The molecule has 0 aliphatic heterocycles. The highest BCUT2D eigenvalue weighted by Gasteiger charge is 2.11. The third kappa shape index (κ3) is 3.20. The number of hydrogen-bond acceptors (Lipinski definition) is 5. The average molecular weight is 297 g/mol. The number of halogens is 1. The topological polar surface area (TPSA) is 65.0 Å². The zero-order valence-corrected chi connectivity index (χ0v) is 11.6. The van der Waals surface area contributed by atoms with Gasteiger partial charge in [0.1, 0.15) is 12.1 Å². The van der Waals surface area contributed by atoms with E-state index in [0.29, 0.717) is 48.1 Å². The van der Waals surface area contributed by atoms with Crippen LogP contribution in [0.5, 0.6) is 0 Å². The van der Waals surface area contributed by atoms with E-state index in [0.717, 1.165) is 0 Å². The van der Waals surface area contributed by atoms with Gasteiger partial charge in [-0.1, -0.05) is 5.16 Å². The Morgan fingerprint density at radius 1 is 1.18 bits per heavy atom. The monoisotopic (exact) mass is 297 g/mol. The summed E-state index contributed by atoms with van der Waals surface area (Å²) in [7, 11) is 0. The van der Waals surface area contributed by atoms with Crippen molar-refractivity contribution in [1.29, 1.82) is 0 Å². The van der Waals surface area contributed by atoms with Crippen molar-refractivity contribution in [3.05, 3.63) is 53.8 Å². The van der Waals surface area contributed by atoms with E-state index in [1.54, 1.807) is 12.1 Å². The van der Waals surface area contributed by atoms with Crippen LogP contribution in [0.4, 0.5) is 4.39 Å². The molecule has 0 unspecified atom stereocenters. The molecule has 0 aliphatic rings. The van der Waals surface area contributed by atoms with Crippen LogP contribution in [0.1, 0.15) is 23.8 Å². The summed E-state index contributed by atoms with van der Waals surface area (Å²) in [5, 5.41) is 3.84. The zero-order valence-electron chi connectivity index (χ0n) is 11.6. The summed E-state index contributed by atoms with van der Waals surface area (Å²) in [6.07, 6.45) is 8.23. The molecule has 110 valence electrons. The Morgan fingerprint density at radius 3 is 2.77 bits per heavy atom. The molecule has 0 N–H and O–H groups in total. The number of nitrogens with zero attached hydrogens (tertiary/aromatic N) is 3. The highest BCUT2D eigenvalue weighted by Crippen LogP contribution is 2.20. The molecule has 0 aliphatic carbocycles. The van der Waals surface area contributed by atoms with Crippen LogP contribution in [0.3, 0.4) is 0 Å². The Morgan fingerprint density at radius 2 is 2.00 bits per heavy atom. The zero-order chi connectivity index (χ0) is 15.4. The van der Waals surface area contributed by atoms with Crippen LogP contribution in [-0.4, -0.2) is 15.1 Å². The molecule has 3 rings (SSSR count). The molecule has 3 aromatic rings. The summed E-state index contributed by atoms with van der Waals surface area (Å²) >= 11 is 0. The van der Waals surface area contributed by atoms with Gasteiger partial charge >= 0.3 is 0 Å². The maximum absolute atomic E-state index is 12.9. The highest BCUT2D eigenvalue weighted by molar-refractivity contribution is 5.52. The van der Waals surface area contributed by atoms with Crippen LogP contribution in [0.15, 0.2) is 39.5 Å². The third-order valence-electron chi connectivity index (χ3n) is 2.98. The van der Waals surface area contributed by atoms with E-state index < -0.39 is 0 Å². The third-order valence-corrected chi connectivity index (χ3v) is 2.98. The smallest absolute Gasteiger partial charge is 0.232 e. The normalized spacial score (nSPS) is 10.5. The van der Waals surface area contributed by atoms with Crippen LogP contribution in [0.25, 0.3) is 11.5 Å². The lowest BCUT2D eigenvalue weighted by Gasteiger charge is -1.93. The fourth-order valence-corrected chi connectivity index (χ4v) is 1.92. The molecule has 0 atom stereocenters. The standard InChI is InChI=1S/C16H12FN3O2/c1-2-3-4-14-19-15(22-20-14)9-13-10-21-16(18-13)11-5-7-12(17)8-6-11/h1,5-8,10H,3-4,9H2. The molecule has 0 saturated carbocycles. The maximum atomic E-state index is 12.9. The number of hydrogen-bond donors (Lipinski definition) is 0. The number of aromatic nitrogens is 3. The lowest BCUT2D eigenvalue weighted by molar-refractivity contribution is 0.378. The molecular weight excluding hydrogens is 285 g/mol. The van der Waals surface area contributed by atoms with Gasteiger partial charge in [0.25, 0.3) is 0 Å². The molecule has 22 heavy (non-hydrogen) atoms. The van der Waals surface area contributed by atoms with Gasteiger partial charge in [-0.15, -0.1) is 12.3 Å². The van der Waals surface area contributed by atoms with Crippen LogP contribution < -0.4 is 0 Å². The first-order valence-corrected chi connectivity index (χ1v) is 6.70.